The van der Waals surface area contributed by atoms with Gasteiger partial charge in [-0.3, -0.25) is 4.66 Å². The van der Waals surface area contributed by atoms with Gasteiger partial charge >= 0.3 is 0 Å². The van der Waals surface area contributed by atoms with Gasteiger partial charge < -0.3 is 15.1 Å². The highest BCUT2D eigenvalue weighted by Crippen LogP contribution is 2.27. The van der Waals surface area contributed by atoms with Gasteiger partial charge in [0.2, 0.25) is 0 Å². The molecule has 0 saturated carbocycles. The van der Waals surface area contributed by atoms with Crippen LogP contribution in [0.25, 0.3) is 0 Å². The zero-order valence-electron chi connectivity index (χ0n) is 14.0. The topological polar surface area (TPSA) is 79.2 Å². The molecular formula is C17H25ClO5. The minimum atomic E-state index is 0.212. The molecule has 0 amide bonds. The van der Waals surface area contributed by atoms with Crippen LogP contribution in [-0.2, 0) is 16.2 Å². The fourth-order valence-corrected chi connectivity index (χ4v) is 1.94. The average molecular weight is 345 g/mol. The van der Waals surface area contributed by atoms with Gasteiger partial charge in [-0.15, -0.1) is 0 Å². The van der Waals surface area contributed by atoms with Gasteiger partial charge in [0.25, 0.3) is 0 Å². The summed E-state index contributed by atoms with van der Waals surface area (Å²) in [7, 11) is 1.48. The molecule has 130 valence electrons. The number of hydrogen-bond donors (Lipinski definition) is 3. The molecule has 1 aromatic carbocycles. The summed E-state index contributed by atoms with van der Waals surface area (Å²) in [4.78, 5) is 9.44. The first-order chi connectivity index (χ1) is 10.9. The molecule has 6 heteroatoms. The molecule has 0 spiro atoms. The first kappa shape index (κ1) is 21.3. The first-order valence-corrected chi connectivity index (χ1v) is 7.49. The molecule has 1 aromatic rings. The van der Waals surface area contributed by atoms with Crippen molar-refractivity contribution in [1.82, 2.24) is 0 Å². The van der Waals surface area contributed by atoms with Crippen molar-refractivity contribution in [1.29, 1.82) is 0 Å². The number of halogens is 1. The third-order valence-electron chi connectivity index (χ3n) is 3.25. The fourth-order valence-electron chi connectivity index (χ4n) is 1.94. The molecule has 23 heavy (non-hydrogen) atoms. The van der Waals surface area contributed by atoms with Crippen molar-refractivity contribution in [3.05, 3.63) is 46.7 Å². The third-order valence-corrected chi connectivity index (χ3v) is 3.25. The van der Waals surface area contributed by atoms with Crippen LogP contribution in [-0.4, -0.2) is 22.0 Å². The van der Waals surface area contributed by atoms with Crippen LogP contribution in [0, 0.1) is 6.92 Å². The van der Waals surface area contributed by atoms with Crippen LogP contribution in [0.1, 0.15) is 37.8 Å². The molecule has 1 rings (SSSR count). The molecule has 0 radical (unpaired) electrons. The van der Waals surface area contributed by atoms with Gasteiger partial charge in [0.05, 0.1) is 19.0 Å². The molecule has 0 bridgehead atoms. The molecular weight excluding hydrogens is 320 g/mol. The average Bonchev–Trinajstić information content (AvgIpc) is 2.52. The number of aryl methyl sites for hydroxylation is 1. The minimum absolute atomic E-state index is 0.212. The van der Waals surface area contributed by atoms with Crippen LogP contribution in [0.4, 0.5) is 0 Å². The number of allylic oxidation sites excluding steroid dienone is 4. The van der Waals surface area contributed by atoms with E-state index in [1.807, 2.05) is 19.9 Å². The van der Waals surface area contributed by atoms with E-state index in [1.165, 1.54) is 12.7 Å². The van der Waals surface area contributed by atoms with Crippen molar-refractivity contribution < 1.29 is 24.6 Å². The molecule has 0 atom stereocenters. The van der Waals surface area contributed by atoms with Crippen molar-refractivity contribution in [3.8, 4) is 11.5 Å². The van der Waals surface area contributed by atoms with Crippen molar-refractivity contribution in [2.24, 2.45) is 0 Å². The molecule has 0 aliphatic carbocycles. The van der Waals surface area contributed by atoms with Gasteiger partial charge in [0.15, 0.2) is 0 Å². The van der Waals surface area contributed by atoms with E-state index in [4.69, 9.17) is 9.55 Å². The number of hydrogen-bond acceptors (Lipinski definition) is 5. The lowest BCUT2D eigenvalue weighted by Crippen LogP contribution is -1.88. The highest BCUT2D eigenvalue weighted by Gasteiger charge is 2.04. The van der Waals surface area contributed by atoms with Crippen LogP contribution in [0.2, 0.25) is 0 Å². The maximum Gasteiger partial charge on any atom is 0.135 e. The lowest BCUT2D eigenvalue weighted by molar-refractivity contribution is -0.236. The zero-order chi connectivity index (χ0) is 17.8. The van der Waals surface area contributed by atoms with E-state index in [9.17, 15) is 10.2 Å². The summed E-state index contributed by atoms with van der Waals surface area (Å²) in [5.74, 6) is 1.18. The van der Waals surface area contributed by atoms with Gasteiger partial charge in [0.1, 0.15) is 17.3 Å². The smallest absolute Gasteiger partial charge is 0.135 e. The second-order valence-corrected chi connectivity index (χ2v) is 5.13. The normalized spacial score (nSPS) is 11.7. The van der Waals surface area contributed by atoms with Crippen molar-refractivity contribution in [2.75, 3.05) is 7.11 Å². The SMILES string of the molecule is COO/C(C)=C/CC/C(C)=C/Cc1cc(O)c(C)cc1O.OCl. The molecule has 5 nitrogen and oxygen atoms in total. The summed E-state index contributed by atoms with van der Waals surface area (Å²) in [6.07, 6.45) is 6.40. The third kappa shape index (κ3) is 8.50. The number of benzene rings is 1. The molecule has 0 aromatic heterocycles. The van der Waals surface area contributed by atoms with E-state index in [1.54, 1.807) is 19.1 Å². The van der Waals surface area contributed by atoms with E-state index >= 15 is 0 Å². The monoisotopic (exact) mass is 344 g/mol. The summed E-state index contributed by atoms with van der Waals surface area (Å²) >= 11 is 3.64. The van der Waals surface area contributed by atoms with Gasteiger partial charge in [0, 0.05) is 5.56 Å². The maximum absolute atomic E-state index is 9.86. The molecule has 0 heterocycles. The lowest BCUT2D eigenvalue weighted by atomic mass is 10.0. The van der Waals surface area contributed by atoms with E-state index in [0.717, 1.165) is 24.2 Å². The van der Waals surface area contributed by atoms with Crippen molar-refractivity contribution in [2.45, 2.75) is 40.0 Å². The Morgan fingerprint density at radius 3 is 2.39 bits per heavy atom. The molecule has 3 N–H and O–H groups in total. The lowest BCUT2D eigenvalue weighted by Gasteiger charge is -2.06. The van der Waals surface area contributed by atoms with Crippen molar-refractivity contribution >= 4 is 11.9 Å². The van der Waals surface area contributed by atoms with Gasteiger partial charge in [-0.2, -0.15) is 4.89 Å². The molecule has 0 fully saturated rings. The van der Waals surface area contributed by atoms with Gasteiger partial charge in [-0.1, -0.05) is 11.6 Å². The molecule has 0 unspecified atom stereocenters. The van der Waals surface area contributed by atoms with Crippen LogP contribution >= 0.6 is 11.9 Å². The Bertz CT molecular complexity index is 538. The Hall–Kier alpha value is -1.69. The summed E-state index contributed by atoms with van der Waals surface area (Å²) in [6, 6.07) is 3.20. The highest BCUT2D eigenvalue weighted by atomic mass is 35.5. The Balaban J connectivity index is 0.00000232. The van der Waals surface area contributed by atoms with E-state index in [2.05, 4.69) is 22.8 Å². The summed E-state index contributed by atoms with van der Waals surface area (Å²) < 4.78 is 6.47. The van der Waals surface area contributed by atoms with Crippen LogP contribution in [0.5, 0.6) is 11.5 Å². The van der Waals surface area contributed by atoms with E-state index in [0.29, 0.717) is 12.0 Å². The predicted octanol–water partition coefficient (Wildman–Crippen LogP) is 4.29. The second kappa shape index (κ2) is 11.8. The maximum atomic E-state index is 9.86. The highest BCUT2D eigenvalue weighted by molar-refractivity contribution is 6.04. The number of phenols is 2. The zero-order valence-corrected chi connectivity index (χ0v) is 14.7. The summed E-state index contributed by atoms with van der Waals surface area (Å²) in [6.45, 7) is 5.65. The van der Waals surface area contributed by atoms with Gasteiger partial charge in [-0.05, 0) is 63.8 Å². The van der Waals surface area contributed by atoms with Crippen LogP contribution < -0.4 is 0 Å². The molecule has 0 aliphatic heterocycles. The van der Waals surface area contributed by atoms with E-state index in [-0.39, 0.29) is 11.5 Å². The molecule has 0 aliphatic rings. The van der Waals surface area contributed by atoms with Gasteiger partial charge in [-0.25, -0.2) is 0 Å². The first-order valence-electron chi connectivity index (χ1n) is 7.15. The number of phenolic OH excluding ortho intramolecular Hbond substituents is 2. The molecule has 0 saturated heterocycles. The standard InChI is InChI=1S/C17H24O4.ClHO/c1-12(6-5-7-14(3)21-20-4)8-9-15-11-16(18)13(2)10-17(15)19;1-2/h7-8,10-11,18-19H,5-6,9H2,1-4H3;2H/b12-8+,14-7+;. The van der Waals surface area contributed by atoms with Crippen LogP contribution in [0.3, 0.4) is 0 Å². The summed E-state index contributed by atoms with van der Waals surface area (Å²) in [5, 5.41) is 19.5. The Morgan fingerprint density at radius 1 is 1.13 bits per heavy atom. The Labute approximate surface area is 142 Å². The number of aromatic hydroxyl groups is 2. The quantitative estimate of drug-likeness (QED) is 0.226. The largest absolute Gasteiger partial charge is 0.508 e. The Morgan fingerprint density at radius 2 is 1.78 bits per heavy atom. The Kier molecular flexibility index (Phi) is 11.0. The van der Waals surface area contributed by atoms with Crippen molar-refractivity contribution in [3.63, 3.8) is 0 Å². The predicted molar refractivity (Wildman–Crippen MR) is 91.1 cm³/mol. The second-order valence-electron chi connectivity index (χ2n) is 5.13. The van der Waals surface area contributed by atoms with E-state index < -0.39 is 0 Å². The minimum Gasteiger partial charge on any atom is -0.508 e. The van der Waals surface area contributed by atoms with Crippen LogP contribution in [0.15, 0.2) is 35.6 Å². The number of rotatable bonds is 7. The summed E-state index contributed by atoms with van der Waals surface area (Å²) in [5.41, 5.74) is 2.62. The fraction of sp³-hybridized carbons (Fsp3) is 0.412.